The van der Waals surface area contributed by atoms with Gasteiger partial charge in [0.1, 0.15) is 18.1 Å². The maximum Gasteiger partial charge on any atom is 0.129 e. The van der Waals surface area contributed by atoms with Crippen molar-refractivity contribution in [1.82, 2.24) is 9.80 Å². The third-order valence-corrected chi connectivity index (χ3v) is 6.13. The van der Waals surface area contributed by atoms with E-state index in [1.807, 2.05) is 6.07 Å². The zero-order valence-electron chi connectivity index (χ0n) is 16.7. The topological polar surface area (TPSA) is 28.9 Å². The van der Waals surface area contributed by atoms with Crippen LogP contribution in [0.1, 0.15) is 41.9 Å². The molecule has 0 bridgehead atoms. The average molecular weight is 369 g/mol. The number of hydrogen-bond acceptors (Lipinski definition) is 4. The van der Waals surface area contributed by atoms with Crippen LogP contribution in [-0.4, -0.2) is 43.1 Å². The van der Waals surface area contributed by atoms with Crippen LogP contribution in [0.2, 0.25) is 0 Å². The quantitative estimate of drug-likeness (QED) is 0.763. The molecule has 4 nitrogen and oxygen atoms in total. The predicted molar refractivity (Wildman–Crippen MR) is 107 cm³/mol. The lowest BCUT2D eigenvalue weighted by molar-refractivity contribution is 0.0855. The summed E-state index contributed by atoms with van der Waals surface area (Å²) in [6.45, 7) is 9.57. The lowest BCUT2D eigenvalue weighted by Gasteiger charge is -2.40. The van der Waals surface area contributed by atoms with Gasteiger partial charge in [0, 0.05) is 26.7 Å². The Morgan fingerprint density at radius 1 is 1.00 bits per heavy atom. The summed E-state index contributed by atoms with van der Waals surface area (Å²) in [4.78, 5) is 5.25. The van der Waals surface area contributed by atoms with Crippen molar-refractivity contribution in [3.05, 3.63) is 59.0 Å². The fourth-order valence-corrected chi connectivity index (χ4v) is 4.96. The largest absolute Gasteiger partial charge is 0.462 e. The van der Waals surface area contributed by atoms with E-state index in [9.17, 15) is 0 Å². The Kier molecular flexibility index (Phi) is 5.67. The van der Waals surface area contributed by atoms with Gasteiger partial charge >= 0.3 is 0 Å². The van der Waals surface area contributed by atoms with E-state index in [0.29, 0.717) is 12.0 Å². The molecule has 0 radical (unpaired) electrons. The van der Waals surface area contributed by atoms with Crippen molar-refractivity contribution in [1.29, 1.82) is 0 Å². The molecule has 1 unspecified atom stereocenters. The van der Waals surface area contributed by atoms with Crippen LogP contribution < -0.4 is 0 Å². The zero-order valence-corrected chi connectivity index (χ0v) is 16.7. The molecule has 1 aromatic carbocycles. The summed E-state index contributed by atoms with van der Waals surface area (Å²) >= 11 is 0. The lowest BCUT2D eigenvalue weighted by atomic mass is 9.79. The molecule has 2 aromatic rings. The number of rotatable bonds is 6. The molecule has 0 aliphatic carbocycles. The van der Waals surface area contributed by atoms with Crippen LogP contribution in [0, 0.1) is 12.3 Å². The van der Waals surface area contributed by atoms with Crippen LogP contribution in [0.4, 0.5) is 0 Å². The number of furan rings is 1. The second kappa shape index (κ2) is 8.17. The van der Waals surface area contributed by atoms with E-state index < -0.39 is 0 Å². The molecule has 0 amide bonds. The van der Waals surface area contributed by atoms with Gasteiger partial charge in [0.2, 0.25) is 0 Å². The first kappa shape index (κ1) is 18.7. The molecular weight excluding hydrogens is 336 g/mol. The van der Waals surface area contributed by atoms with Crippen LogP contribution in [0.25, 0.3) is 0 Å². The summed E-state index contributed by atoms with van der Waals surface area (Å²) in [5, 5.41) is 0. The van der Waals surface area contributed by atoms with Gasteiger partial charge in [-0.05, 0) is 62.4 Å². The molecule has 0 N–H and O–H groups in total. The summed E-state index contributed by atoms with van der Waals surface area (Å²) in [5.74, 6) is 1.98. The Balaban J connectivity index is 1.34. The van der Waals surface area contributed by atoms with Crippen molar-refractivity contribution in [3.63, 3.8) is 0 Å². The van der Waals surface area contributed by atoms with Gasteiger partial charge in [-0.2, -0.15) is 0 Å². The maximum atomic E-state index is 5.90. The molecule has 4 rings (SSSR count). The summed E-state index contributed by atoms with van der Waals surface area (Å²) < 4.78 is 11.1. The Morgan fingerprint density at radius 2 is 1.81 bits per heavy atom. The van der Waals surface area contributed by atoms with Crippen LogP contribution in [0.3, 0.4) is 0 Å². The standard InChI is InChI=1S/C23H32N2O2/c1-19-5-3-6-20(13-19)14-24-11-4-9-23(17-24)10-12-25(18-23)15-21-7-8-22(27-21)16-26-2/h3,5-8,13H,4,9-12,14-18H2,1-2H3. The highest BCUT2D eigenvalue weighted by Gasteiger charge is 2.41. The van der Waals surface area contributed by atoms with Crippen LogP contribution in [-0.2, 0) is 24.4 Å². The number of methoxy groups -OCH3 is 1. The van der Waals surface area contributed by atoms with Crippen LogP contribution in [0.15, 0.2) is 40.8 Å². The van der Waals surface area contributed by atoms with Crippen molar-refractivity contribution in [2.24, 2.45) is 5.41 Å². The zero-order chi connectivity index (χ0) is 18.7. The lowest BCUT2D eigenvalue weighted by Crippen LogP contribution is -2.44. The minimum atomic E-state index is 0.462. The van der Waals surface area contributed by atoms with E-state index in [4.69, 9.17) is 9.15 Å². The maximum absolute atomic E-state index is 5.90. The summed E-state index contributed by atoms with van der Waals surface area (Å²) in [6.07, 6.45) is 3.99. The summed E-state index contributed by atoms with van der Waals surface area (Å²) in [5.41, 5.74) is 3.27. The van der Waals surface area contributed by atoms with Gasteiger partial charge in [-0.1, -0.05) is 29.8 Å². The number of likely N-dealkylation sites (tertiary alicyclic amines) is 2. The monoisotopic (exact) mass is 368 g/mol. The highest BCUT2D eigenvalue weighted by Crippen LogP contribution is 2.39. The number of nitrogens with zero attached hydrogens (tertiary/aromatic N) is 2. The molecule has 2 fully saturated rings. The molecule has 4 heteroatoms. The van der Waals surface area contributed by atoms with Gasteiger partial charge < -0.3 is 9.15 Å². The molecule has 2 saturated heterocycles. The summed E-state index contributed by atoms with van der Waals surface area (Å²) in [7, 11) is 1.71. The van der Waals surface area contributed by atoms with E-state index in [2.05, 4.69) is 47.1 Å². The number of benzene rings is 1. The number of hydrogen-bond donors (Lipinski definition) is 0. The van der Waals surface area contributed by atoms with E-state index in [0.717, 1.165) is 24.6 Å². The average Bonchev–Trinajstić information content (AvgIpc) is 3.23. The van der Waals surface area contributed by atoms with Crippen molar-refractivity contribution in [2.75, 3.05) is 33.3 Å². The van der Waals surface area contributed by atoms with E-state index in [-0.39, 0.29) is 0 Å². The molecule has 1 aromatic heterocycles. The second-order valence-corrected chi connectivity index (χ2v) is 8.56. The molecule has 1 spiro atoms. The normalized spacial score (nSPS) is 24.1. The third kappa shape index (κ3) is 4.63. The Labute approximate surface area is 163 Å². The van der Waals surface area contributed by atoms with Gasteiger partial charge in [-0.15, -0.1) is 0 Å². The first-order valence-corrected chi connectivity index (χ1v) is 10.2. The highest BCUT2D eigenvalue weighted by molar-refractivity contribution is 5.22. The smallest absolute Gasteiger partial charge is 0.129 e. The van der Waals surface area contributed by atoms with E-state index in [1.54, 1.807) is 7.11 Å². The number of aryl methyl sites for hydroxylation is 1. The number of piperidine rings is 1. The van der Waals surface area contributed by atoms with E-state index in [1.165, 1.54) is 56.6 Å². The Bertz CT molecular complexity index is 756. The van der Waals surface area contributed by atoms with Crippen molar-refractivity contribution in [3.8, 4) is 0 Å². The molecule has 146 valence electrons. The van der Waals surface area contributed by atoms with Gasteiger partial charge in [0.25, 0.3) is 0 Å². The van der Waals surface area contributed by atoms with Gasteiger partial charge in [-0.3, -0.25) is 9.80 Å². The Morgan fingerprint density at radius 3 is 2.63 bits per heavy atom. The molecule has 3 heterocycles. The Hall–Kier alpha value is -1.62. The number of ether oxygens (including phenoxy) is 1. The molecule has 1 atom stereocenters. The molecular formula is C23H32N2O2. The predicted octanol–water partition coefficient (Wildman–Crippen LogP) is 4.22. The minimum absolute atomic E-state index is 0.462. The SMILES string of the molecule is COCc1ccc(CN2CCC3(CCCN(Cc4cccc(C)c4)C3)C2)o1. The molecule has 0 saturated carbocycles. The highest BCUT2D eigenvalue weighted by atomic mass is 16.5. The second-order valence-electron chi connectivity index (χ2n) is 8.56. The fourth-order valence-electron chi connectivity index (χ4n) is 4.96. The minimum Gasteiger partial charge on any atom is -0.462 e. The van der Waals surface area contributed by atoms with Gasteiger partial charge in [0.15, 0.2) is 0 Å². The van der Waals surface area contributed by atoms with Crippen molar-refractivity contribution >= 4 is 0 Å². The molecule has 27 heavy (non-hydrogen) atoms. The first-order valence-electron chi connectivity index (χ1n) is 10.2. The third-order valence-electron chi connectivity index (χ3n) is 6.13. The first-order chi connectivity index (χ1) is 13.1. The molecule has 2 aliphatic rings. The van der Waals surface area contributed by atoms with E-state index >= 15 is 0 Å². The summed E-state index contributed by atoms with van der Waals surface area (Å²) in [6, 6.07) is 13.1. The van der Waals surface area contributed by atoms with Crippen molar-refractivity contribution < 1.29 is 9.15 Å². The van der Waals surface area contributed by atoms with Crippen molar-refractivity contribution in [2.45, 2.75) is 45.9 Å². The van der Waals surface area contributed by atoms with Crippen LogP contribution >= 0.6 is 0 Å². The van der Waals surface area contributed by atoms with Crippen LogP contribution in [0.5, 0.6) is 0 Å². The molecule has 2 aliphatic heterocycles. The van der Waals surface area contributed by atoms with Gasteiger partial charge in [0.05, 0.1) is 6.54 Å². The fraction of sp³-hybridized carbons (Fsp3) is 0.565. The van der Waals surface area contributed by atoms with Gasteiger partial charge in [-0.25, -0.2) is 0 Å².